The van der Waals surface area contributed by atoms with E-state index >= 15 is 0 Å². The number of nitrogens with zero attached hydrogens (tertiary/aromatic N) is 3. The van der Waals surface area contributed by atoms with Crippen molar-refractivity contribution in [2.24, 2.45) is 23.7 Å². The van der Waals surface area contributed by atoms with Crippen LogP contribution in [-0.2, 0) is 43.0 Å². The van der Waals surface area contributed by atoms with Crippen molar-refractivity contribution in [3.63, 3.8) is 0 Å². The van der Waals surface area contributed by atoms with E-state index in [9.17, 15) is 28.8 Å². The number of hydrogen-bond acceptors (Lipinski definition) is 9. The first kappa shape index (κ1) is 37.8. The first-order valence-corrected chi connectivity index (χ1v) is 15.2. The number of amides is 3. The largest absolute Gasteiger partial charge is 0.451 e. The fraction of sp³-hybridized carbons (Fsp3) is 0.806. The lowest BCUT2D eigenvalue weighted by atomic mass is 9.99. The van der Waals surface area contributed by atoms with Crippen molar-refractivity contribution in [1.29, 1.82) is 0 Å². The Bertz CT molecular complexity index is 1020. The Morgan fingerprint density at radius 3 is 1.02 bits per heavy atom. The molecule has 0 aromatic carbocycles. The van der Waals surface area contributed by atoms with Crippen LogP contribution in [0, 0.1) is 23.7 Å². The molecule has 1 aliphatic rings. The Morgan fingerprint density at radius 1 is 0.488 bits per heavy atom. The zero-order valence-corrected chi connectivity index (χ0v) is 28.2. The van der Waals surface area contributed by atoms with Crippen LogP contribution in [0.15, 0.2) is 0 Å². The lowest BCUT2D eigenvalue weighted by Gasteiger charge is -2.37. The van der Waals surface area contributed by atoms with Gasteiger partial charge in [0.05, 0.1) is 0 Å². The summed E-state index contributed by atoms with van der Waals surface area (Å²) < 4.78 is 17.1. The third-order valence-electron chi connectivity index (χ3n) is 7.81. The molecule has 0 aliphatic carbocycles. The van der Waals surface area contributed by atoms with Crippen LogP contribution in [0.4, 0.5) is 0 Å². The Morgan fingerprint density at radius 2 is 0.767 bits per heavy atom. The van der Waals surface area contributed by atoms with Crippen molar-refractivity contribution >= 4 is 35.6 Å². The minimum absolute atomic E-state index is 0.112. The number of hydrogen-bond donors (Lipinski definition) is 0. The minimum Gasteiger partial charge on any atom is -0.451 e. The summed E-state index contributed by atoms with van der Waals surface area (Å²) >= 11 is 0. The van der Waals surface area contributed by atoms with E-state index in [4.69, 9.17) is 14.2 Å². The van der Waals surface area contributed by atoms with Gasteiger partial charge in [-0.05, 0) is 36.5 Å². The summed E-state index contributed by atoms with van der Waals surface area (Å²) in [6.45, 7) is 17.1. The number of likely N-dealkylation sites (N-methyl/N-ethyl adjacent to an activating group) is 3. The average Bonchev–Trinajstić information content (AvgIpc) is 2.90. The zero-order chi connectivity index (χ0) is 33.5. The average molecular weight is 612 g/mol. The van der Waals surface area contributed by atoms with E-state index in [2.05, 4.69) is 0 Å². The summed E-state index contributed by atoms with van der Waals surface area (Å²) in [7, 11) is 4.27. The molecule has 0 aromatic heterocycles. The summed E-state index contributed by atoms with van der Waals surface area (Å²) in [6, 6.07) is -3.28. The van der Waals surface area contributed by atoms with Crippen molar-refractivity contribution < 1.29 is 43.0 Å². The molecule has 1 rings (SSSR count). The van der Waals surface area contributed by atoms with Crippen molar-refractivity contribution in [2.75, 3.05) is 21.1 Å². The van der Waals surface area contributed by atoms with E-state index < -0.39 is 95.7 Å². The van der Waals surface area contributed by atoms with E-state index in [1.54, 1.807) is 69.2 Å². The lowest BCUT2D eigenvalue weighted by Crippen LogP contribution is -2.57. The predicted octanol–water partition coefficient (Wildman–Crippen LogP) is 2.66. The third kappa shape index (κ3) is 8.92. The molecular weight excluding hydrogens is 558 g/mol. The second-order valence-electron chi connectivity index (χ2n) is 12.7. The standard InChI is InChI=1S/C31H53N3O9/c1-14-20-26(35)32(11)22(16(3)4)29(38)41-21(15-2)27(36)33(12)24(18(7)8)31(40)43-25(19(9)10)28(37)34(13)23(17(5)6)30(39)42-20/h16-25H,14-15H2,1-13H3/t20-,21-,22+,23+,24+,25-/m1/s1. The van der Waals surface area contributed by atoms with E-state index in [1.165, 1.54) is 35.8 Å². The summed E-state index contributed by atoms with van der Waals surface area (Å²) in [5.41, 5.74) is 0. The van der Waals surface area contributed by atoms with Crippen molar-refractivity contribution in [3.8, 4) is 0 Å². The molecule has 0 radical (unpaired) electrons. The molecule has 43 heavy (non-hydrogen) atoms. The van der Waals surface area contributed by atoms with Crippen LogP contribution in [0.25, 0.3) is 0 Å². The van der Waals surface area contributed by atoms with E-state index in [-0.39, 0.29) is 12.8 Å². The van der Waals surface area contributed by atoms with Gasteiger partial charge in [-0.25, -0.2) is 14.4 Å². The number of esters is 3. The van der Waals surface area contributed by atoms with Gasteiger partial charge >= 0.3 is 17.9 Å². The molecule has 0 spiro atoms. The van der Waals surface area contributed by atoms with Crippen molar-refractivity contribution in [1.82, 2.24) is 14.7 Å². The van der Waals surface area contributed by atoms with Gasteiger partial charge < -0.3 is 28.9 Å². The molecule has 0 unspecified atom stereocenters. The molecule has 3 amide bonds. The molecule has 6 atom stereocenters. The first-order valence-electron chi connectivity index (χ1n) is 15.2. The van der Waals surface area contributed by atoms with Gasteiger partial charge in [0, 0.05) is 21.1 Å². The highest BCUT2D eigenvalue weighted by atomic mass is 16.6. The highest BCUT2D eigenvalue weighted by Gasteiger charge is 2.43. The first-order chi connectivity index (χ1) is 19.8. The fourth-order valence-corrected chi connectivity index (χ4v) is 5.40. The van der Waals surface area contributed by atoms with Gasteiger partial charge in [-0.1, -0.05) is 69.2 Å². The summed E-state index contributed by atoms with van der Waals surface area (Å²) in [5, 5.41) is 0. The number of carbonyl (C=O) groups excluding carboxylic acids is 6. The Kier molecular flexibility index (Phi) is 14.1. The maximum Gasteiger partial charge on any atom is 0.329 e. The lowest BCUT2D eigenvalue weighted by molar-refractivity contribution is -0.179. The maximum atomic E-state index is 13.8. The minimum atomic E-state index is -1.27. The fourth-order valence-electron chi connectivity index (χ4n) is 5.40. The number of rotatable bonds is 6. The van der Waals surface area contributed by atoms with Crippen molar-refractivity contribution in [3.05, 3.63) is 0 Å². The molecule has 1 aliphatic heterocycles. The highest BCUT2D eigenvalue weighted by molar-refractivity contribution is 5.94. The molecule has 12 heteroatoms. The van der Waals surface area contributed by atoms with Gasteiger partial charge in [0.15, 0.2) is 18.3 Å². The number of carbonyl (C=O) groups is 6. The molecule has 1 saturated heterocycles. The van der Waals surface area contributed by atoms with E-state index in [0.717, 1.165) is 0 Å². The smallest absolute Gasteiger partial charge is 0.329 e. The summed E-state index contributed by atoms with van der Waals surface area (Å²) in [5.74, 6) is -5.97. The second-order valence-corrected chi connectivity index (χ2v) is 12.7. The van der Waals surface area contributed by atoms with Crippen LogP contribution in [0.3, 0.4) is 0 Å². The monoisotopic (exact) mass is 611 g/mol. The van der Waals surface area contributed by atoms with Crippen LogP contribution >= 0.6 is 0 Å². The zero-order valence-electron chi connectivity index (χ0n) is 28.2. The summed E-state index contributed by atoms with van der Waals surface area (Å²) in [6.07, 6.45) is -3.52. The van der Waals surface area contributed by atoms with Gasteiger partial charge in [0.2, 0.25) is 0 Å². The number of cyclic esters (lactones) is 3. The second kappa shape index (κ2) is 16.0. The molecule has 1 fully saturated rings. The van der Waals surface area contributed by atoms with E-state index in [0.29, 0.717) is 0 Å². The predicted molar refractivity (Wildman–Crippen MR) is 159 cm³/mol. The van der Waals surface area contributed by atoms with Crippen LogP contribution in [-0.4, -0.2) is 108 Å². The molecule has 1 heterocycles. The van der Waals surface area contributed by atoms with Gasteiger partial charge in [-0.15, -0.1) is 0 Å². The van der Waals surface area contributed by atoms with Gasteiger partial charge in [0.1, 0.15) is 18.1 Å². The molecule has 12 nitrogen and oxygen atoms in total. The normalized spacial score (nSPS) is 28.0. The molecule has 0 bridgehead atoms. The molecule has 0 N–H and O–H groups in total. The van der Waals surface area contributed by atoms with Crippen LogP contribution < -0.4 is 0 Å². The van der Waals surface area contributed by atoms with Gasteiger partial charge in [-0.2, -0.15) is 0 Å². The molecule has 0 aromatic rings. The van der Waals surface area contributed by atoms with Gasteiger partial charge in [-0.3, -0.25) is 14.4 Å². The SMILES string of the molecule is CC[C@H]1OC(=O)[C@H](C(C)C)N(C)C(=O)[C@@H](CC)OC(=O)[C@H](C(C)C)N(C)C(=O)[C@@H](C(C)C)OC(=O)[C@H](C(C)C)N(C)C1=O. The van der Waals surface area contributed by atoms with Gasteiger partial charge in [0.25, 0.3) is 17.7 Å². The topological polar surface area (TPSA) is 140 Å². The molecule has 246 valence electrons. The van der Waals surface area contributed by atoms with E-state index in [1.807, 2.05) is 0 Å². The molecule has 0 saturated carbocycles. The third-order valence-corrected chi connectivity index (χ3v) is 7.81. The summed E-state index contributed by atoms with van der Waals surface area (Å²) in [4.78, 5) is 85.1. The van der Waals surface area contributed by atoms with Crippen LogP contribution in [0.5, 0.6) is 0 Å². The highest BCUT2D eigenvalue weighted by Crippen LogP contribution is 2.23. The Labute approximate surface area is 256 Å². The Balaban J connectivity index is 3.82. The maximum absolute atomic E-state index is 13.8. The van der Waals surface area contributed by atoms with Crippen molar-refractivity contribution in [2.45, 2.75) is 119 Å². The quantitative estimate of drug-likeness (QED) is 0.328. The van der Waals surface area contributed by atoms with Crippen LogP contribution in [0.1, 0.15) is 82.1 Å². The molecular formula is C31H53N3O9. The van der Waals surface area contributed by atoms with Crippen LogP contribution in [0.2, 0.25) is 0 Å². The Hall–Kier alpha value is -3.18. The number of ether oxygens (including phenoxy) is 3.